The third-order valence-electron chi connectivity index (χ3n) is 10.4. The molecule has 244 valence electrons. The van der Waals surface area contributed by atoms with Gasteiger partial charge in [-0.2, -0.15) is 0 Å². The molecule has 0 atom stereocenters. The first-order valence-electron chi connectivity index (χ1n) is 17.6. The van der Waals surface area contributed by atoms with Crippen LogP contribution in [0, 0.1) is 0 Å². The summed E-state index contributed by atoms with van der Waals surface area (Å²) < 4.78 is 7.67. The first kappa shape index (κ1) is 29.5. The Hall–Kier alpha value is -6.20. The van der Waals surface area contributed by atoms with Crippen molar-refractivity contribution in [3.05, 3.63) is 182 Å². The largest absolute Gasteiger partial charge is 0.309 e. The molecule has 3 aromatic heterocycles. The van der Waals surface area contributed by atoms with Crippen LogP contribution in [0.4, 0.5) is 17.1 Å². The smallest absolute Gasteiger partial charge is 0.0640 e. The molecular weight excluding hydrogens is 669 g/mol. The van der Waals surface area contributed by atoms with E-state index < -0.39 is 0 Å². The monoisotopic (exact) mass is 698 g/mol. The van der Waals surface area contributed by atoms with Crippen LogP contribution < -0.4 is 4.90 Å². The molecule has 0 aliphatic carbocycles. The van der Waals surface area contributed by atoms with E-state index in [-0.39, 0.29) is 0 Å². The molecule has 0 saturated carbocycles. The minimum atomic E-state index is 1.12. The summed E-state index contributed by atoms with van der Waals surface area (Å²) in [5, 5.41) is 7.69. The SMILES string of the molecule is c1ccc(-c2ccccc2N(c2ccc3c4ccccc4n(-c4ccc5sc6ccccc6c5c4)c3c2)c2cccc3c2sc2ccccc23)cc1. The van der Waals surface area contributed by atoms with Crippen molar-refractivity contribution in [2.75, 3.05) is 4.90 Å². The first-order valence-corrected chi connectivity index (χ1v) is 19.2. The van der Waals surface area contributed by atoms with Crippen molar-refractivity contribution >= 4 is 102 Å². The van der Waals surface area contributed by atoms with Crippen molar-refractivity contribution in [3.8, 4) is 16.8 Å². The molecule has 8 aromatic carbocycles. The Labute approximate surface area is 308 Å². The zero-order valence-electron chi connectivity index (χ0n) is 28.0. The van der Waals surface area contributed by atoms with Crippen LogP contribution in [0.2, 0.25) is 0 Å². The number of rotatable bonds is 5. The number of aromatic nitrogens is 1. The summed E-state index contributed by atoms with van der Waals surface area (Å²) in [6.07, 6.45) is 0. The van der Waals surface area contributed by atoms with Gasteiger partial charge in [-0.15, -0.1) is 22.7 Å². The highest BCUT2D eigenvalue weighted by molar-refractivity contribution is 7.26. The molecule has 0 aliphatic rings. The van der Waals surface area contributed by atoms with Crippen molar-refractivity contribution in [1.29, 1.82) is 0 Å². The molecule has 0 aliphatic heterocycles. The molecule has 0 N–H and O–H groups in total. The molecule has 0 unspecified atom stereocenters. The minimum Gasteiger partial charge on any atom is -0.309 e. The highest BCUT2D eigenvalue weighted by Crippen LogP contribution is 2.48. The van der Waals surface area contributed by atoms with Gasteiger partial charge in [-0.3, -0.25) is 0 Å². The molecule has 3 heterocycles. The van der Waals surface area contributed by atoms with Gasteiger partial charge in [0, 0.05) is 63.4 Å². The molecule has 0 radical (unpaired) electrons. The number of para-hydroxylation sites is 2. The summed E-state index contributed by atoms with van der Waals surface area (Å²) in [5.41, 5.74) is 9.38. The van der Waals surface area contributed by atoms with Crippen LogP contribution in [-0.4, -0.2) is 4.57 Å². The van der Waals surface area contributed by atoms with Crippen LogP contribution in [-0.2, 0) is 0 Å². The Kier molecular flexibility index (Phi) is 6.63. The fraction of sp³-hybridized carbons (Fsp3) is 0. The van der Waals surface area contributed by atoms with E-state index in [0.717, 1.165) is 11.4 Å². The van der Waals surface area contributed by atoms with E-state index in [2.05, 4.69) is 191 Å². The molecule has 0 bridgehead atoms. The molecule has 4 heteroatoms. The van der Waals surface area contributed by atoms with Crippen LogP contribution in [0.15, 0.2) is 182 Å². The molecule has 0 spiro atoms. The van der Waals surface area contributed by atoms with Crippen molar-refractivity contribution in [3.63, 3.8) is 0 Å². The Balaban J connectivity index is 1.21. The average Bonchev–Trinajstić information content (AvgIpc) is 3.88. The molecule has 0 fully saturated rings. The summed E-state index contributed by atoms with van der Waals surface area (Å²) in [5.74, 6) is 0. The summed E-state index contributed by atoms with van der Waals surface area (Å²) >= 11 is 3.74. The Morgan fingerprint density at radius 3 is 1.88 bits per heavy atom. The maximum absolute atomic E-state index is 2.48. The maximum atomic E-state index is 2.48. The van der Waals surface area contributed by atoms with Crippen LogP contribution >= 0.6 is 22.7 Å². The van der Waals surface area contributed by atoms with Crippen molar-refractivity contribution < 1.29 is 0 Å². The van der Waals surface area contributed by atoms with E-state index in [1.54, 1.807) is 0 Å². The lowest BCUT2D eigenvalue weighted by atomic mass is 10.0. The quantitative estimate of drug-likeness (QED) is 0.174. The van der Waals surface area contributed by atoms with Crippen LogP contribution in [0.3, 0.4) is 0 Å². The van der Waals surface area contributed by atoms with Crippen molar-refractivity contribution in [1.82, 2.24) is 4.57 Å². The summed E-state index contributed by atoms with van der Waals surface area (Å²) in [4.78, 5) is 2.48. The van der Waals surface area contributed by atoms with E-state index in [4.69, 9.17) is 0 Å². The zero-order valence-corrected chi connectivity index (χ0v) is 29.7. The third kappa shape index (κ3) is 4.48. The lowest BCUT2D eigenvalue weighted by Crippen LogP contribution is -2.11. The van der Waals surface area contributed by atoms with Crippen LogP contribution in [0.25, 0.3) is 79.0 Å². The lowest BCUT2D eigenvalue weighted by molar-refractivity contribution is 1.18. The van der Waals surface area contributed by atoms with Gasteiger partial charge >= 0.3 is 0 Å². The second-order valence-corrected chi connectivity index (χ2v) is 15.4. The van der Waals surface area contributed by atoms with Crippen molar-refractivity contribution in [2.45, 2.75) is 0 Å². The highest BCUT2D eigenvalue weighted by atomic mass is 32.1. The fourth-order valence-corrected chi connectivity index (χ4v) is 10.4. The predicted molar refractivity (Wildman–Crippen MR) is 227 cm³/mol. The molecule has 0 saturated heterocycles. The van der Waals surface area contributed by atoms with Crippen LogP contribution in [0.5, 0.6) is 0 Å². The number of nitrogens with zero attached hydrogens (tertiary/aromatic N) is 2. The average molecular weight is 699 g/mol. The molecular formula is C48H30N2S2. The van der Waals surface area contributed by atoms with Gasteiger partial charge in [0.1, 0.15) is 0 Å². The standard InChI is InChI=1S/C48H30N2S2/c1-2-13-31(14-3-1)34-15-4-8-20-41(34)49(43-22-12-19-39-37-17-6-11-24-46(37)52-48(39)43)33-25-27-36-35-16-5-9-21-42(35)50(44(36)30-33)32-26-28-47-40(29-32)38-18-7-10-23-45(38)51-47/h1-30H. The van der Waals surface area contributed by atoms with E-state index in [1.165, 1.54) is 84.7 Å². The number of hydrogen-bond donors (Lipinski definition) is 0. The number of thiophene rings is 2. The van der Waals surface area contributed by atoms with Gasteiger partial charge in [0.05, 0.1) is 27.1 Å². The van der Waals surface area contributed by atoms with E-state index in [9.17, 15) is 0 Å². The predicted octanol–water partition coefficient (Wildman–Crippen LogP) is 14.7. The topological polar surface area (TPSA) is 8.17 Å². The zero-order chi connectivity index (χ0) is 34.2. The molecule has 11 aromatic rings. The Morgan fingerprint density at radius 1 is 0.385 bits per heavy atom. The van der Waals surface area contributed by atoms with Gasteiger partial charge in [0.25, 0.3) is 0 Å². The Bertz CT molecular complexity index is 3150. The molecule has 11 rings (SSSR count). The summed E-state index contributed by atoms with van der Waals surface area (Å²) in [6.45, 7) is 0. The highest BCUT2D eigenvalue weighted by Gasteiger charge is 2.23. The van der Waals surface area contributed by atoms with E-state index in [1.807, 2.05) is 22.7 Å². The molecule has 52 heavy (non-hydrogen) atoms. The second kappa shape index (κ2) is 11.7. The van der Waals surface area contributed by atoms with Gasteiger partial charge in [0.2, 0.25) is 0 Å². The normalized spacial score (nSPS) is 11.8. The summed E-state index contributed by atoms with van der Waals surface area (Å²) in [6, 6.07) is 66.7. The minimum absolute atomic E-state index is 1.12. The van der Waals surface area contributed by atoms with Gasteiger partial charge in [-0.05, 0) is 66.2 Å². The second-order valence-electron chi connectivity index (χ2n) is 13.3. The number of benzene rings is 8. The fourth-order valence-electron chi connectivity index (χ4n) is 8.08. The van der Waals surface area contributed by atoms with Gasteiger partial charge in [0.15, 0.2) is 0 Å². The van der Waals surface area contributed by atoms with E-state index >= 15 is 0 Å². The number of fused-ring (bicyclic) bond motifs is 9. The van der Waals surface area contributed by atoms with Gasteiger partial charge in [-0.1, -0.05) is 121 Å². The maximum Gasteiger partial charge on any atom is 0.0640 e. The van der Waals surface area contributed by atoms with E-state index in [0.29, 0.717) is 0 Å². The number of anilines is 3. The number of hydrogen-bond acceptors (Lipinski definition) is 3. The lowest BCUT2D eigenvalue weighted by Gasteiger charge is -2.28. The first-order chi connectivity index (χ1) is 25.8. The van der Waals surface area contributed by atoms with Crippen molar-refractivity contribution in [2.24, 2.45) is 0 Å². The molecule has 2 nitrogen and oxygen atoms in total. The molecule has 0 amide bonds. The summed E-state index contributed by atoms with van der Waals surface area (Å²) in [7, 11) is 0. The van der Waals surface area contributed by atoms with Gasteiger partial charge in [-0.25, -0.2) is 0 Å². The Morgan fingerprint density at radius 2 is 1.02 bits per heavy atom. The third-order valence-corrected chi connectivity index (χ3v) is 12.7. The van der Waals surface area contributed by atoms with Gasteiger partial charge < -0.3 is 9.47 Å². The van der Waals surface area contributed by atoms with Crippen LogP contribution in [0.1, 0.15) is 0 Å².